The molecule has 0 amide bonds. The number of ether oxygens (including phenoxy) is 1. The van der Waals surface area contributed by atoms with Crippen LogP contribution in [-0.2, 0) is 18.3 Å². The van der Waals surface area contributed by atoms with Gasteiger partial charge >= 0.3 is 6.18 Å². The van der Waals surface area contributed by atoms with Crippen molar-refractivity contribution in [3.63, 3.8) is 0 Å². The third kappa shape index (κ3) is 5.56. The van der Waals surface area contributed by atoms with Crippen LogP contribution >= 0.6 is 0 Å². The first-order chi connectivity index (χ1) is 20.1. The zero-order chi connectivity index (χ0) is 29.5. The highest BCUT2D eigenvalue weighted by molar-refractivity contribution is 5.90. The summed E-state index contributed by atoms with van der Waals surface area (Å²) in [5.41, 5.74) is 1.61. The van der Waals surface area contributed by atoms with Crippen molar-refractivity contribution in [2.24, 2.45) is 0 Å². The Morgan fingerprint density at radius 3 is 2.69 bits per heavy atom. The summed E-state index contributed by atoms with van der Waals surface area (Å²) in [6.45, 7) is 1.89. The van der Waals surface area contributed by atoms with E-state index in [0.717, 1.165) is 54.3 Å². The number of likely N-dealkylation sites (tertiary alicyclic amines) is 1. The molecule has 0 unspecified atom stereocenters. The molecule has 220 valence electrons. The van der Waals surface area contributed by atoms with Gasteiger partial charge in [-0.3, -0.25) is 9.58 Å². The summed E-state index contributed by atoms with van der Waals surface area (Å²) in [6, 6.07) is 7.26. The van der Waals surface area contributed by atoms with Crippen molar-refractivity contribution in [1.29, 1.82) is 5.26 Å². The Balaban J connectivity index is 1.09. The summed E-state index contributed by atoms with van der Waals surface area (Å²) >= 11 is 0. The van der Waals surface area contributed by atoms with Crippen molar-refractivity contribution in [2.75, 3.05) is 27.2 Å². The fourth-order valence-corrected chi connectivity index (χ4v) is 6.19. The molecular formula is C29H32F3N9O. The zero-order valence-corrected chi connectivity index (χ0v) is 23.5. The lowest BCUT2D eigenvalue weighted by molar-refractivity contribution is -0.141. The second-order valence-corrected chi connectivity index (χ2v) is 11.5. The fraction of sp³-hybridized carbons (Fsp3) is 0.483. The monoisotopic (exact) mass is 579 g/mol. The van der Waals surface area contributed by atoms with E-state index >= 15 is 0 Å². The van der Waals surface area contributed by atoms with Gasteiger partial charge in [0.05, 0.1) is 29.9 Å². The van der Waals surface area contributed by atoms with Crippen LogP contribution in [-0.4, -0.2) is 78.8 Å². The standard InChI is InChI=1S/C29H32F3N9O/c1-39(2)16-19-11-24(29(30,31)32)38-25(12-19)42-22-4-9-40(10-5-22)21-13-28(14-21,6-7-33)41-17-20(15-37-41)26-23-3-8-34-27(23)36-18-35-26/h3,8,11-12,15,17-18,21-22H,4-6,9-10,13-14,16H2,1-2H3,(H,34,35,36)/t21-,28+. The molecule has 0 atom stereocenters. The third-order valence-electron chi connectivity index (χ3n) is 8.27. The zero-order valence-electron chi connectivity index (χ0n) is 23.5. The number of hydrogen-bond donors (Lipinski definition) is 1. The molecule has 4 aromatic rings. The summed E-state index contributed by atoms with van der Waals surface area (Å²) in [6.07, 6.45) is 5.67. The van der Waals surface area contributed by atoms with Crippen LogP contribution in [0.4, 0.5) is 13.2 Å². The van der Waals surface area contributed by atoms with Crippen molar-refractivity contribution in [3.05, 3.63) is 54.4 Å². The number of aromatic amines is 1. The summed E-state index contributed by atoms with van der Waals surface area (Å²) in [5, 5.41) is 15.2. The minimum Gasteiger partial charge on any atom is -0.474 e. The number of fused-ring (bicyclic) bond motifs is 1. The van der Waals surface area contributed by atoms with E-state index < -0.39 is 11.9 Å². The molecule has 42 heavy (non-hydrogen) atoms. The SMILES string of the molecule is CN(C)Cc1cc(OC2CCN([C@H]3C[C@@](CC#N)(n4cc(-c5ncnc6[nH]ccc56)cn4)C3)CC2)nc(C(F)(F)F)c1. The smallest absolute Gasteiger partial charge is 0.433 e. The molecule has 1 N–H and O–H groups in total. The molecule has 5 heterocycles. The van der Waals surface area contributed by atoms with Crippen molar-refractivity contribution in [1.82, 2.24) is 39.5 Å². The van der Waals surface area contributed by atoms with Crippen LogP contribution in [0.3, 0.4) is 0 Å². The van der Waals surface area contributed by atoms with Crippen LogP contribution in [0.2, 0.25) is 0 Å². The number of nitrogens with zero attached hydrogens (tertiary/aromatic N) is 8. The van der Waals surface area contributed by atoms with Gasteiger partial charge in [0.15, 0.2) is 0 Å². The first-order valence-corrected chi connectivity index (χ1v) is 14.0. The quantitative estimate of drug-likeness (QED) is 0.322. The van der Waals surface area contributed by atoms with Crippen molar-refractivity contribution in [3.8, 4) is 23.2 Å². The molecule has 1 saturated heterocycles. The number of H-pyrrole nitrogens is 1. The third-order valence-corrected chi connectivity index (χ3v) is 8.27. The van der Waals surface area contributed by atoms with Crippen LogP contribution in [0.15, 0.2) is 43.1 Å². The molecule has 4 aromatic heterocycles. The van der Waals surface area contributed by atoms with Crippen LogP contribution in [0.5, 0.6) is 5.88 Å². The Bertz CT molecular complexity index is 1590. The summed E-state index contributed by atoms with van der Waals surface area (Å²) in [7, 11) is 3.61. The van der Waals surface area contributed by atoms with Gasteiger partial charge in [-0.1, -0.05) is 0 Å². The summed E-state index contributed by atoms with van der Waals surface area (Å²) in [5.74, 6) is 0.0203. The molecule has 13 heteroatoms. The molecule has 1 aliphatic carbocycles. The number of alkyl halides is 3. The Hall–Kier alpha value is -4.02. The Kier molecular flexibility index (Phi) is 7.36. The second-order valence-electron chi connectivity index (χ2n) is 11.5. The van der Waals surface area contributed by atoms with Crippen LogP contribution in [0.25, 0.3) is 22.3 Å². The minimum atomic E-state index is -4.54. The minimum absolute atomic E-state index is 0.0203. The number of aromatic nitrogens is 6. The molecule has 10 nitrogen and oxygen atoms in total. The normalized spacial score (nSPS) is 21.9. The maximum Gasteiger partial charge on any atom is 0.433 e. The maximum atomic E-state index is 13.5. The van der Waals surface area contributed by atoms with Gasteiger partial charge < -0.3 is 14.6 Å². The van der Waals surface area contributed by atoms with Gasteiger partial charge in [-0.25, -0.2) is 15.0 Å². The van der Waals surface area contributed by atoms with E-state index in [9.17, 15) is 18.4 Å². The first kappa shape index (κ1) is 28.1. The number of nitriles is 1. The molecule has 0 radical (unpaired) electrons. The van der Waals surface area contributed by atoms with Crippen molar-refractivity contribution >= 4 is 11.0 Å². The molecule has 0 bridgehead atoms. The molecule has 0 aromatic carbocycles. The largest absolute Gasteiger partial charge is 0.474 e. The lowest BCUT2D eigenvalue weighted by Crippen LogP contribution is -2.58. The summed E-state index contributed by atoms with van der Waals surface area (Å²) < 4.78 is 48.3. The number of halogens is 3. The van der Waals surface area contributed by atoms with Crippen LogP contribution in [0.1, 0.15) is 43.4 Å². The molecule has 1 saturated carbocycles. The van der Waals surface area contributed by atoms with Gasteiger partial charge in [0, 0.05) is 55.1 Å². The van der Waals surface area contributed by atoms with Gasteiger partial charge in [0.1, 0.15) is 23.8 Å². The lowest BCUT2D eigenvalue weighted by atomic mass is 9.69. The number of piperidine rings is 1. The van der Waals surface area contributed by atoms with E-state index in [2.05, 4.69) is 36.0 Å². The Morgan fingerprint density at radius 1 is 1.19 bits per heavy atom. The van der Waals surface area contributed by atoms with Crippen LogP contribution in [0, 0.1) is 11.3 Å². The van der Waals surface area contributed by atoms with E-state index in [1.807, 2.05) is 28.0 Å². The average molecular weight is 580 g/mol. The van der Waals surface area contributed by atoms with Crippen molar-refractivity contribution in [2.45, 2.75) is 62.5 Å². The average Bonchev–Trinajstić information content (AvgIpc) is 3.60. The topological polar surface area (TPSA) is 112 Å². The van der Waals surface area contributed by atoms with Gasteiger partial charge in [0.25, 0.3) is 0 Å². The highest BCUT2D eigenvalue weighted by Crippen LogP contribution is 2.45. The van der Waals surface area contributed by atoms with Gasteiger partial charge in [-0.2, -0.15) is 23.5 Å². The van der Waals surface area contributed by atoms with Gasteiger partial charge in [0.2, 0.25) is 5.88 Å². The van der Waals surface area contributed by atoms with E-state index in [1.165, 1.54) is 6.33 Å². The highest BCUT2D eigenvalue weighted by Gasteiger charge is 2.49. The van der Waals surface area contributed by atoms with Crippen molar-refractivity contribution < 1.29 is 17.9 Å². The predicted molar refractivity (Wildman–Crippen MR) is 148 cm³/mol. The number of hydrogen-bond acceptors (Lipinski definition) is 8. The van der Waals surface area contributed by atoms with E-state index in [4.69, 9.17) is 4.74 Å². The second kappa shape index (κ2) is 11.0. The number of nitrogens with one attached hydrogen (secondary N) is 1. The molecule has 2 aliphatic rings. The Morgan fingerprint density at radius 2 is 1.98 bits per heavy atom. The predicted octanol–water partition coefficient (Wildman–Crippen LogP) is 4.61. The van der Waals surface area contributed by atoms with Gasteiger partial charge in [-0.15, -0.1) is 0 Å². The van der Waals surface area contributed by atoms with E-state index in [-0.39, 0.29) is 17.5 Å². The molecule has 2 fully saturated rings. The Labute approximate surface area is 241 Å². The molecule has 1 aliphatic heterocycles. The molecular weight excluding hydrogens is 547 g/mol. The first-order valence-electron chi connectivity index (χ1n) is 14.0. The lowest BCUT2D eigenvalue weighted by Gasteiger charge is -2.52. The molecule has 6 rings (SSSR count). The fourth-order valence-electron chi connectivity index (χ4n) is 6.19. The number of rotatable bonds is 8. The number of pyridine rings is 1. The van der Waals surface area contributed by atoms with E-state index in [0.29, 0.717) is 37.4 Å². The summed E-state index contributed by atoms with van der Waals surface area (Å²) in [4.78, 5) is 19.8. The van der Waals surface area contributed by atoms with Crippen LogP contribution < -0.4 is 4.74 Å². The van der Waals surface area contributed by atoms with E-state index in [1.54, 1.807) is 26.4 Å². The highest BCUT2D eigenvalue weighted by atomic mass is 19.4. The van der Waals surface area contributed by atoms with Gasteiger partial charge in [-0.05, 0) is 57.5 Å². The molecule has 0 spiro atoms. The maximum absolute atomic E-state index is 13.5.